The lowest BCUT2D eigenvalue weighted by atomic mass is 10.1. The van der Waals surface area contributed by atoms with E-state index in [4.69, 9.17) is 4.84 Å². The molecule has 0 fully saturated rings. The Bertz CT molecular complexity index is 841. The van der Waals surface area contributed by atoms with Gasteiger partial charge in [0.05, 0.1) is 12.2 Å². The zero-order valence-corrected chi connectivity index (χ0v) is 15.1. The zero-order valence-electron chi connectivity index (χ0n) is 15.1. The molecule has 0 saturated heterocycles. The average molecular weight is 350 g/mol. The molecule has 0 spiro atoms. The number of carbonyl (C=O) groups excluding carboxylic acids is 2. The molecule has 0 aromatic heterocycles. The van der Waals surface area contributed by atoms with Crippen LogP contribution in [0.25, 0.3) is 0 Å². The fourth-order valence-electron chi connectivity index (χ4n) is 2.85. The third kappa shape index (κ3) is 3.82. The van der Waals surface area contributed by atoms with E-state index in [1.54, 1.807) is 4.90 Å². The lowest BCUT2D eigenvalue weighted by molar-refractivity contribution is -0.143. The summed E-state index contributed by atoms with van der Waals surface area (Å²) in [6, 6.07) is 15.5. The normalized spacial score (nSPS) is 14.6. The van der Waals surface area contributed by atoms with E-state index in [0.717, 1.165) is 24.1 Å². The second-order valence-electron chi connectivity index (χ2n) is 6.40. The minimum absolute atomic E-state index is 0.178. The van der Waals surface area contributed by atoms with E-state index >= 15 is 0 Å². The molecule has 134 valence electrons. The van der Waals surface area contributed by atoms with Crippen LogP contribution in [0.4, 0.5) is 5.69 Å². The summed E-state index contributed by atoms with van der Waals surface area (Å²) >= 11 is 0. The number of hydrogen-bond donors (Lipinski definition) is 0. The molecular weight excluding hydrogens is 328 g/mol. The molecule has 0 aliphatic carbocycles. The average Bonchev–Trinajstić information content (AvgIpc) is 2.91. The van der Waals surface area contributed by atoms with Gasteiger partial charge in [-0.3, -0.25) is 4.79 Å². The minimum Gasteiger partial charge on any atom is -0.317 e. The van der Waals surface area contributed by atoms with Crippen molar-refractivity contribution in [1.29, 1.82) is 0 Å². The molecule has 5 heteroatoms. The fourth-order valence-corrected chi connectivity index (χ4v) is 2.85. The van der Waals surface area contributed by atoms with E-state index < -0.39 is 5.97 Å². The smallest absolute Gasteiger partial charge is 0.317 e. The number of aryl methyl sites for hydroxylation is 1. The van der Waals surface area contributed by atoms with Gasteiger partial charge < -0.3 is 9.74 Å². The SMILES string of the molecule is CCCCC(=O)ON=C1C(=O)N(Cc2ccc(C)cc2)c2ccccc21. The Balaban J connectivity index is 1.83. The lowest BCUT2D eigenvalue weighted by Crippen LogP contribution is -2.29. The second-order valence-corrected chi connectivity index (χ2v) is 6.40. The maximum Gasteiger partial charge on any atom is 0.335 e. The number of benzene rings is 2. The summed E-state index contributed by atoms with van der Waals surface area (Å²) in [6.07, 6.45) is 1.95. The molecule has 0 bridgehead atoms. The molecule has 0 N–H and O–H groups in total. The molecule has 5 nitrogen and oxygen atoms in total. The molecule has 1 amide bonds. The van der Waals surface area contributed by atoms with Gasteiger partial charge in [-0.25, -0.2) is 4.79 Å². The monoisotopic (exact) mass is 350 g/mol. The number of fused-ring (bicyclic) bond motifs is 1. The number of oxime groups is 1. The number of rotatable bonds is 6. The van der Waals surface area contributed by atoms with Crippen LogP contribution in [0.15, 0.2) is 53.7 Å². The first kappa shape index (κ1) is 17.9. The van der Waals surface area contributed by atoms with Crippen molar-refractivity contribution in [2.45, 2.75) is 39.7 Å². The number of anilines is 1. The van der Waals surface area contributed by atoms with E-state index in [1.165, 1.54) is 5.56 Å². The van der Waals surface area contributed by atoms with Gasteiger partial charge in [0.2, 0.25) is 0 Å². The summed E-state index contributed by atoms with van der Waals surface area (Å²) in [5.74, 6) is -0.670. The van der Waals surface area contributed by atoms with Crippen LogP contribution < -0.4 is 4.90 Å². The molecule has 2 aromatic carbocycles. The van der Waals surface area contributed by atoms with Gasteiger partial charge in [0.15, 0.2) is 5.71 Å². The van der Waals surface area contributed by atoms with Crippen LogP contribution >= 0.6 is 0 Å². The van der Waals surface area contributed by atoms with E-state index in [-0.39, 0.29) is 11.6 Å². The first-order chi connectivity index (χ1) is 12.6. The van der Waals surface area contributed by atoms with Gasteiger partial charge in [-0.15, -0.1) is 0 Å². The van der Waals surface area contributed by atoms with Crippen molar-refractivity contribution < 1.29 is 14.4 Å². The van der Waals surface area contributed by atoms with Gasteiger partial charge in [-0.1, -0.05) is 66.5 Å². The van der Waals surface area contributed by atoms with Gasteiger partial charge >= 0.3 is 5.97 Å². The van der Waals surface area contributed by atoms with Gasteiger partial charge in [-0.05, 0) is 25.0 Å². The van der Waals surface area contributed by atoms with Crippen molar-refractivity contribution in [3.63, 3.8) is 0 Å². The Morgan fingerprint density at radius 2 is 1.85 bits per heavy atom. The Morgan fingerprint density at radius 1 is 1.12 bits per heavy atom. The van der Waals surface area contributed by atoms with Crippen molar-refractivity contribution in [3.05, 3.63) is 65.2 Å². The van der Waals surface area contributed by atoms with Crippen molar-refractivity contribution in [2.24, 2.45) is 5.16 Å². The first-order valence-corrected chi connectivity index (χ1v) is 8.84. The van der Waals surface area contributed by atoms with Crippen LogP contribution in [0.5, 0.6) is 0 Å². The Labute approximate surface area is 153 Å². The number of nitrogens with zero attached hydrogens (tertiary/aromatic N) is 2. The van der Waals surface area contributed by atoms with Gasteiger partial charge in [0.25, 0.3) is 5.91 Å². The van der Waals surface area contributed by atoms with Crippen LogP contribution in [0.2, 0.25) is 0 Å². The fraction of sp³-hybridized carbons (Fsp3) is 0.286. The topological polar surface area (TPSA) is 59.0 Å². The minimum atomic E-state index is -0.415. The maximum atomic E-state index is 12.9. The number of para-hydroxylation sites is 1. The van der Waals surface area contributed by atoms with E-state index in [2.05, 4.69) is 5.16 Å². The lowest BCUT2D eigenvalue weighted by Gasteiger charge is -2.16. The van der Waals surface area contributed by atoms with E-state index in [1.807, 2.05) is 62.4 Å². The summed E-state index contributed by atoms with van der Waals surface area (Å²) < 4.78 is 0. The molecule has 1 heterocycles. The third-order valence-electron chi connectivity index (χ3n) is 4.33. The van der Waals surface area contributed by atoms with Crippen LogP contribution in [-0.2, 0) is 21.0 Å². The number of carbonyl (C=O) groups is 2. The highest BCUT2D eigenvalue weighted by atomic mass is 16.7. The third-order valence-corrected chi connectivity index (χ3v) is 4.33. The summed E-state index contributed by atoms with van der Waals surface area (Å²) in [6.45, 7) is 4.47. The second kappa shape index (κ2) is 7.95. The quantitative estimate of drug-likeness (QED) is 0.585. The Kier molecular flexibility index (Phi) is 5.46. The van der Waals surface area contributed by atoms with Crippen molar-refractivity contribution in [3.8, 4) is 0 Å². The molecule has 26 heavy (non-hydrogen) atoms. The maximum absolute atomic E-state index is 12.9. The standard InChI is InChI=1S/C21H22N2O3/c1-3-4-9-19(24)26-22-20-17-7-5-6-8-18(17)23(21(20)25)14-16-12-10-15(2)11-13-16/h5-8,10-13H,3-4,9,14H2,1-2H3. The molecule has 0 atom stereocenters. The molecule has 2 aromatic rings. The Hall–Kier alpha value is -2.95. The van der Waals surface area contributed by atoms with Crippen LogP contribution in [0.3, 0.4) is 0 Å². The molecular formula is C21H22N2O3. The van der Waals surface area contributed by atoms with E-state index in [0.29, 0.717) is 18.5 Å². The number of amides is 1. The predicted molar refractivity (Wildman–Crippen MR) is 101 cm³/mol. The van der Waals surface area contributed by atoms with Crippen molar-refractivity contribution in [1.82, 2.24) is 0 Å². The summed E-state index contributed by atoms with van der Waals surface area (Å²) in [5, 5.41) is 3.88. The molecule has 3 rings (SSSR count). The van der Waals surface area contributed by atoms with Gasteiger partial charge in [-0.2, -0.15) is 0 Å². The highest BCUT2D eigenvalue weighted by Crippen LogP contribution is 2.30. The molecule has 1 aliphatic rings. The predicted octanol–water partition coefficient (Wildman–Crippen LogP) is 3.98. The molecule has 0 saturated carbocycles. The van der Waals surface area contributed by atoms with Crippen LogP contribution in [-0.4, -0.2) is 17.6 Å². The van der Waals surface area contributed by atoms with Crippen molar-refractivity contribution in [2.75, 3.05) is 4.90 Å². The largest absolute Gasteiger partial charge is 0.335 e. The van der Waals surface area contributed by atoms with Gasteiger partial charge in [0.1, 0.15) is 0 Å². The first-order valence-electron chi connectivity index (χ1n) is 8.84. The summed E-state index contributed by atoms with van der Waals surface area (Å²) in [5.41, 5.74) is 3.84. The summed E-state index contributed by atoms with van der Waals surface area (Å²) in [4.78, 5) is 31.2. The van der Waals surface area contributed by atoms with Gasteiger partial charge in [0, 0.05) is 12.0 Å². The highest BCUT2D eigenvalue weighted by Gasteiger charge is 2.34. The number of hydrogen-bond acceptors (Lipinski definition) is 4. The molecule has 0 unspecified atom stereocenters. The van der Waals surface area contributed by atoms with Crippen molar-refractivity contribution >= 4 is 23.3 Å². The van der Waals surface area contributed by atoms with Crippen LogP contribution in [0.1, 0.15) is 42.9 Å². The van der Waals surface area contributed by atoms with Crippen LogP contribution in [0, 0.1) is 6.92 Å². The Morgan fingerprint density at radius 3 is 2.58 bits per heavy atom. The van der Waals surface area contributed by atoms with E-state index in [9.17, 15) is 9.59 Å². The highest BCUT2D eigenvalue weighted by molar-refractivity contribution is 6.54. The molecule has 1 aliphatic heterocycles. The number of unbranched alkanes of at least 4 members (excludes halogenated alkanes) is 1. The zero-order chi connectivity index (χ0) is 18.5. The summed E-state index contributed by atoms with van der Waals surface area (Å²) in [7, 11) is 0. The molecule has 0 radical (unpaired) electrons.